The number of nitrogens with zero attached hydrogens (tertiary/aromatic N) is 1. The minimum atomic E-state index is -3.88. The summed E-state index contributed by atoms with van der Waals surface area (Å²) in [5, 5.41) is 6.21. The maximum Gasteiger partial charge on any atom is 0.264 e. The van der Waals surface area contributed by atoms with Crippen LogP contribution in [0.5, 0.6) is 0 Å². The summed E-state index contributed by atoms with van der Waals surface area (Å²) in [4.78, 5) is 12.1. The molecule has 7 nitrogen and oxygen atoms in total. The van der Waals surface area contributed by atoms with Gasteiger partial charge in [-0.2, -0.15) is 0 Å². The molecule has 1 heterocycles. The molecule has 0 spiro atoms. The Kier molecular flexibility index (Phi) is 4.95. The number of nitrogens with one attached hydrogen (secondary N) is 2. The van der Waals surface area contributed by atoms with Gasteiger partial charge >= 0.3 is 0 Å². The first-order valence-electron chi connectivity index (χ1n) is 7.89. The van der Waals surface area contributed by atoms with Crippen LogP contribution in [0, 0.1) is 19.7 Å². The lowest BCUT2D eigenvalue weighted by atomic mass is 10.2. The van der Waals surface area contributed by atoms with E-state index in [0.29, 0.717) is 16.9 Å². The molecule has 2 N–H and O–H groups in total. The van der Waals surface area contributed by atoms with Crippen LogP contribution < -0.4 is 10.0 Å². The van der Waals surface area contributed by atoms with Crippen molar-refractivity contribution in [2.75, 3.05) is 10.0 Å². The van der Waals surface area contributed by atoms with Crippen LogP contribution >= 0.6 is 0 Å². The highest BCUT2D eigenvalue weighted by atomic mass is 32.2. The normalized spacial score (nSPS) is 11.2. The van der Waals surface area contributed by atoms with Gasteiger partial charge in [0.1, 0.15) is 5.82 Å². The van der Waals surface area contributed by atoms with Crippen molar-refractivity contribution in [2.45, 2.75) is 18.7 Å². The van der Waals surface area contributed by atoms with Gasteiger partial charge in [0.25, 0.3) is 15.9 Å². The third kappa shape index (κ3) is 3.98. The van der Waals surface area contributed by atoms with Gasteiger partial charge in [-0.15, -0.1) is 0 Å². The number of halogens is 1. The Balaban J connectivity index is 1.76. The first kappa shape index (κ1) is 18.6. The number of carbonyl (C=O) groups is 1. The molecule has 2 aromatic carbocycles. The van der Waals surface area contributed by atoms with E-state index in [-0.39, 0.29) is 16.3 Å². The van der Waals surface area contributed by atoms with Gasteiger partial charge in [0.05, 0.1) is 16.2 Å². The highest BCUT2D eigenvalue weighted by Crippen LogP contribution is 2.22. The average molecular weight is 389 g/mol. The van der Waals surface area contributed by atoms with Gasteiger partial charge in [0.2, 0.25) is 5.88 Å². The van der Waals surface area contributed by atoms with E-state index < -0.39 is 21.7 Å². The van der Waals surface area contributed by atoms with Crippen LogP contribution in [-0.4, -0.2) is 19.5 Å². The predicted molar refractivity (Wildman–Crippen MR) is 97.6 cm³/mol. The fourth-order valence-electron chi connectivity index (χ4n) is 2.25. The van der Waals surface area contributed by atoms with Gasteiger partial charge in [0.15, 0.2) is 0 Å². The Bertz CT molecular complexity index is 1090. The van der Waals surface area contributed by atoms with Crippen molar-refractivity contribution in [3.63, 3.8) is 0 Å². The van der Waals surface area contributed by atoms with Crippen molar-refractivity contribution < 1.29 is 22.1 Å². The van der Waals surface area contributed by atoms with Gasteiger partial charge < -0.3 is 9.84 Å². The maximum atomic E-state index is 13.6. The molecule has 1 amide bonds. The summed E-state index contributed by atoms with van der Waals surface area (Å²) < 4.78 is 45.8. The lowest BCUT2D eigenvalue weighted by Gasteiger charge is -2.08. The first-order valence-corrected chi connectivity index (χ1v) is 9.38. The first-order chi connectivity index (χ1) is 12.8. The number of hydrogen-bond acceptors (Lipinski definition) is 5. The predicted octanol–water partition coefficient (Wildman–Crippen LogP) is 3.48. The molecule has 0 unspecified atom stereocenters. The Morgan fingerprint density at radius 2 is 1.74 bits per heavy atom. The van der Waals surface area contributed by atoms with Gasteiger partial charge in [-0.05, 0) is 50.2 Å². The molecule has 1 aromatic heterocycles. The Hall–Kier alpha value is -3.20. The van der Waals surface area contributed by atoms with Crippen LogP contribution in [0.4, 0.5) is 16.0 Å². The van der Waals surface area contributed by atoms with Crippen molar-refractivity contribution in [1.82, 2.24) is 5.16 Å². The summed E-state index contributed by atoms with van der Waals surface area (Å²) in [6.07, 6.45) is 0. The number of rotatable bonds is 5. The number of hydrogen-bond donors (Lipinski definition) is 2. The number of aromatic nitrogens is 1. The van der Waals surface area contributed by atoms with E-state index in [0.717, 1.165) is 0 Å². The van der Waals surface area contributed by atoms with Gasteiger partial charge in [-0.25, -0.2) is 17.5 Å². The van der Waals surface area contributed by atoms with E-state index in [1.165, 1.54) is 42.5 Å². The van der Waals surface area contributed by atoms with E-state index >= 15 is 0 Å². The zero-order chi connectivity index (χ0) is 19.6. The molecule has 0 fully saturated rings. The smallest absolute Gasteiger partial charge is 0.264 e. The molecule has 3 aromatic rings. The number of carbonyl (C=O) groups excluding carboxylic acids is 1. The van der Waals surface area contributed by atoms with Crippen LogP contribution in [0.3, 0.4) is 0 Å². The SMILES string of the molecule is Cc1noc(NS(=O)(=O)c2ccc(NC(=O)c3ccccc3F)cc2)c1C. The van der Waals surface area contributed by atoms with Crippen LogP contribution in [0.15, 0.2) is 57.9 Å². The zero-order valence-electron chi connectivity index (χ0n) is 14.5. The van der Waals surface area contributed by atoms with E-state index in [1.807, 2.05) is 0 Å². The molecule has 0 bridgehead atoms. The monoisotopic (exact) mass is 389 g/mol. The van der Waals surface area contributed by atoms with E-state index in [2.05, 4.69) is 15.2 Å². The maximum absolute atomic E-state index is 13.6. The fourth-order valence-corrected chi connectivity index (χ4v) is 3.30. The molecule has 0 saturated heterocycles. The summed E-state index contributed by atoms with van der Waals surface area (Å²) in [6, 6.07) is 11.0. The van der Waals surface area contributed by atoms with Crippen molar-refractivity contribution in [1.29, 1.82) is 0 Å². The third-order valence-electron chi connectivity index (χ3n) is 3.93. The third-order valence-corrected chi connectivity index (χ3v) is 5.27. The highest BCUT2D eigenvalue weighted by Gasteiger charge is 2.19. The topological polar surface area (TPSA) is 101 Å². The summed E-state index contributed by atoms with van der Waals surface area (Å²) >= 11 is 0. The van der Waals surface area contributed by atoms with Crippen LogP contribution in [-0.2, 0) is 10.0 Å². The Morgan fingerprint density at radius 1 is 1.07 bits per heavy atom. The number of sulfonamides is 1. The second kappa shape index (κ2) is 7.20. The number of amides is 1. The lowest BCUT2D eigenvalue weighted by molar-refractivity contribution is 0.102. The van der Waals surface area contributed by atoms with E-state index in [4.69, 9.17) is 4.52 Å². The van der Waals surface area contributed by atoms with Crippen LogP contribution in [0.2, 0.25) is 0 Å². The van der Waals surface area contributed by atoms with E-state index in [9.17, 15) is 17.6 Å². The number of aryl methyl sites for hydroxylation is 1. The molecule has 0 aliphatic heterocycles. The molecule has 3 rings (SSSR count). The minimum Gasteiger partial charge on any atom is -0.337 e. The summed E-state index contributed by atoms with van der Waals surface area (Å²) in [7, 11) is -3.88. The molecule has 0 atom stereocenters. The van der Waals surface area contributed by atoms with Crippen LogP contribution in [0.1, 0.15) is 21.6 Å². The summed E-state index contributed by atoms with van der Waals surface area (Å²) in [5.41, 5.74) is 1.40. The molecular weight excluding hydrogens is 373 g/mol. The summed E-state index contributed by atoms with van der Waals surface area (Å²) in [5.74, 6) is -1.23. The average Bonchev–Trinajstić information content (AvgIpc) is 2.94. The number of benzene rings is 2. The van der Waals surface area contributed by atoms with Gasteiger partial charge in [0, 0.05) is 11.3 Å². The zero-order valence-corrected chi connectivity index (χ0v) is 15.3. The van der Waals surface area contributed by atoms with Crippen molar-refractivity contribution in [3.05, 3.63) is 71.2 Å². The molecular formula is C18H16FN3O4S. The summed E-state index contributed by atoms with van der Waals surface area (Å²) in [6.45, 7) is 3.38. The molecule has 27 heavy (non-hydrogen) atoms. The Morgan fingerprint density at radius 3 is 2.33 bits per heavy atom. The fraction of sp³-hybridized carbons (Fsp3) is 0.111. The molecule has 140 valence electrons. The second-order valence-electron chi connectivity index (χ2n) is 5.79. The Labute approximate surface area is 155 Å². The van der Waals surface area contributed by atoms with Gasteiger partial charge in [-0.1, -0.05) is 17.3 Å². The molecule has 0 saturated carbocycles. The molecule has 0 aliphatic rings. The largest absolute Gasteiger partial charge is 0.337 e. The second-order valence-corrected chi connectivity index (χ2v) is 7.47. The lowest BCUT2D eigenvalue weighted by Crippen LogP contribution is -2.15. The quantitative estimate of drug-likeness (QED) is 0.696. The standard InChI is InChI=1S/C18H16FN3O4S/c1-11-12(2)21-26-18(11)22-27(24,25)14-9-7-13(8-10-14)20-17(23)15-5-3-4-6-16(15)19/h3-10,22H,1-2H3,(H,20,23). The molecule has 0 aliphatic carbocycles. The van der Waals surface area contributed by atoms with Crippen molar-refractivity contribution >= 4 is 27.5 Å². The van der Waals surface area contributed by atoms with Crippen molar-refractivity contribution in [3.8, 4) is 0 Å². The minimum absolute atomic E-state index is 0.0279. The van der Waals surface area contributed by atoms with Gasteiger partial charge in [-0.3, -0.25) is 4.79 Å². The molecule has 9 heteroatoms. The molecule has 0 radical (unpaired) electrons. The van der Waals surface area contributed by atoms with E-state index in [1.54, 1.807) is 19.9 Å². The number of anilines is 2. The van der Waals surface area contributed by atoms with Crippen LogP contribution in [0.25, 0.3) is 0 Å². The highest BCUT2D eigenvalue weighted by molar-refractivity contribution is 7.92. The van der Waals surface area contributed by atoms with Crippen molar-refractivity contribution in [2.24, 2.45) is 0 Å².